The number of urea groups is 1. The fourth-order valence-corrected chi connectivity index (χ4v) is 5.53. The lowest BCUT2D eigenvalue weighted by molar-refractivity contribution is -0.134. The Hall–Kier alpha value is -3.10. The number of benzene rings is 2. The highest BCUT2D eigenvalue weighted by molar-refractivity contribution is 6.07. The first-order valence-corrected chi connectivity index (χ1v) is 11.7. The fraction of sp³-hybridized carbons (Fsp3) is 0.440. The van der Waals surface area contributed by atoms with Gasteiger partial charge in [-0.15, -0.1) is 0 Å². The van der Waals surface area contributed by atoms with E-state index >= 15 is 0 Å². The van der Waals surface area contributed by atoms with E-state index in [0.29, 0.717) is 13.1 Å². The van der Waals surface area contributed by atoms with Crippen LogP contribution in [0.15, 0.2) is 42.5 Å². The molecule has 0 saturated carbocycles. The molecule has 0 radical (unpaired) electrons. The molecule has 2 saturated heterocycles. The average molecular weight is 449 g/mol. The SMILES string of the molecule is O=C1NC2(CCCc3ccccc32)C(=O)N1CN1CCN(Cc2ccc3c(c2)OCO3)CC1. The maximum atomic E-state index is 13.5. The minimum absolute atomic E-state index is 0.109. The second kappa shape index (κ2) is 8.04. The molecule has 172 valence electrons. The van der Waals surface area contributed by atoms with Gasteiger partial charge in [-0.25, -0.2) is 9.69 Å². The Morgan fingerprint density at radius 2 is 1.73 bits per heavy atom. The number of fused-ring (bicyclic) bond motifs is 3. The number of rotatable bonds is 4. The van der Waals surface area contributed by atoms with Crippen LogP contribution in [0.2, 0.25) is 0 Å². The van der Waals surface area contributed by atoms with Crippen molar-refractivity contribution in [3.05, 3.63) is 59.2 Å². The molecule has 1 N–H and O–H groups in total. The maximum Gasteiger partial charge on any atom is 0.326 e. The first-order valence-electron chi connectivity index (χ1n) is 11.7. The van der Waals surface area contributed by atoms with Crippen LogP contribution in [0.4, 0.5) is 4.79 Å². The van der Waals surface area contributed by atoms with Crippen LogP contribution in [0.3, 0.4) is 0 Å². The van der Waals surface area contributed by atoms with Crippen LogP contribution in [-0.4, -0.2) is 66.3 Å². The first kappa shape index (κ1) is 20.5. The highest BCUT2D eigenvalue weighted by Gasteiger charge is 2.54. The summed E-state index contributed by atoms with van der Waals surface area (Å²) in [5, 5.41) is 3.06. The van der Waals surface area contributed by atoms with Crippen molar-refractivity contribution in [3.8, 4) is 11.5 Å². The highest BCUT2D eigenvalue weighted by Crippen LogP contribution is 2.40. The van der Waals surface area contributed by atoms with E-state index in [1.54, 1.807) is 0 Å². The lowest BCUT2D eigenvalue weighted by Gasteiger charge is -2.36. The van der Waals surface area contributed by atoms with Crippen molar-refractivity contribution < 1.29 is 19.1 Å². The van der Waals surface area contributed by atoms with Gasteiger partial charge in [-0.05, 0) is 48.1 Å². The van der Waals surface area contributed by atoms with Crippen molar-refractivity contribution >= 4 is 11.9 Å². The number of nitrogens with zero attached hydrogens (tertiary/aromatic N) is 3. The molecular weight excluding hydrogens is 420 g/mol. The normalized spacial score (nSPS) is 24.9. The van der Waals surface area contributed by atoms with Crippen LogP contribution in [0.1, 0.15) is 29.5 Å². The third-order valence-electron chi connectivity index (χ3n) is 7.30. The minimum atomic E-state index is -0.896. The van der Waals surface area contributed by atoms with Crippen LogP contribution < -0.4 is 14.8 Å². The molecule has 1 spiro atoms. The summed E-state index contributed by atoms with van der Waals surface area (Å²) in [5.74, 6) is 1.50. The predicted molar refractivity (Wildman–Crippen MR) is 121 cm³/mol. The largest absolute Gasteiger partial charge is 0.454 e. The number of nitrogens with one attached hydrogen (secondary N) is 1. The van der Waals surface area contributed by atoms with Gasteiger partial charge < -0.3 is 14.8 Å². The van der Waals surface area contributed by atoms with Crippen molar-refractivity contribution in [2.24, 2.45) is 0 Å². The van der Waals surface area contributed by atoms with E-state index in [9.17, 15) is 9.59 Å². The molecule has 1 unspecified atom stereocenters. The van der Waals surface area contributed by atoms with Crippen LogP contribution in [-0.2, 0) is 23.3 Å². The third kappa shape index (κ3) is 3.54. The Morgan fingerprint density at radius 3 is 2.61 bits per heavy atom. The molecule has 3 heterocycles. The molecule has 0 bridgehead atoms. The summed E-state index contributed by atoms with van der Waals surface area (Å²) in [5.41, 5.74) is 2.43. The second-order valence-electron chi connectivity index (χ2n) is 9.30. The van der Waals surface area contributed by atoms with Crippen LogP contribution in [0.25, 0.3) is 0 Å². The molecule has 6 rings (SSSR count). The minimum Gasteiger partial charge on any atom is -0.454 e. The maximum absolute atomic E-state index is 13.5. The van der Waals surface area contributed by atoms with E-state index < -0.39 is 5.54 Å². The van der Waals surface area contributed by atoms with Gasteiger partial charge in [-0.2, -0.15) is 0 Å². The Bertz CT molecular complexity index is 1100. The van der Waals surface area contributed by atoms with Gasteiger partial charge in [-0.1, -0.05) is 30.3 Å². The Balaban J connectivity index is 1.09. The Kier molecular flexibility index (Phi) is 4.99. The third-order valence-corrected chi connectivity index (χ3v) is 7.30. The number of carbonyl (C=O) groups is 2. The number of hydrogen-bond donors (Lipinski definition) is 1. The van der Waals surface area contributed by atoms with Gasteiger partial charge in [-0.3, -0.25) is 14.6 Å². The molecule has 3 aliphatic heterocycles. The molecule has 4 aliphatic rings. The lowest BCUT2D eigenvalue weighted by atomic mass is 9.76. The Morgan fingerprint density at radius 1 is 0.939 bits per heavy atom. The van der Waals surface area contributed by atoms with Crippen LogP contribution in [0, 0.1) is 0 Å². The second-order valence-corrected chi connectivity index (χ2v) is 9.30. The van der Waals surface area contributed by atoms with Crippen molar-refractivity contribution in [1.82, 2.24) is 20.0 Å². The van der Waals surface area contributed by atoms with Crippen molar-refractivity contribution in [3.63, 3.8) is 0 Å². The van der Waals surface area contributed by atoms with Crippen LogP contribution in [0.5, 0.6) is 11.5 Å². The molecule has 2 aromatic carbocycles. The topological polar surface area (TPSA) is 74.4 Å². The zero-order valence-corrected chi connectivity index (χ0v) is 18.6. The van der Waals surface area contributed by atoms with Gasteiger partial charge in [0.1, 0.15) is 5.54 Å². The molecule has 8 heteroatoms. The summed E-state index contributed by atoms with van der Waals surface area (Å²) in [6.45, 7) is 4.85. The molecule has 3 amide bonds. The molecular formula is C25H28N4O4. The highest BCUT2D eigenvalue weighted by atomic mass is 16.7. The van der Waals surface area contributed by atoms with E-state index in [2.05, 4.69) is 27.2 Å². The van der Waals surface area contributed by atoms with E-state index in [0.717, 1.165) is 68.2 Å². The zero-order valence-electron chi connectivity index (χ0n) is 18.6. The fourth-order valence-electron chi connectivity index (χ4n) is 5.53. The van der Waals surface area contributed by atoms with Gasteiger partial charge in [0, 0.05) is 32.7 Å². The summed E-state index contributed by atoms with van der Waals surface area (Å²) in [4.78, 5) is 32.4. The molecule has 2 aromatic rings. The quantitative estimate of drug-likeness (QED) is 0.724. The van der Waals surface area contributed by atoms with Crippen molar-refractivity contribution in [2.75, 3.05) is 39.6 Å². The molecule has 1 aliphatic carbocycles. The van der Waals surface area contributed by atoms with E-state index in [1.165, 1.54) is 10.5 Å². The number of hydrogen-bond acceptors (Lipinski definition) is 6. The van der Waals surface area contributed by atoms with E-state index in [4.69, 9.17) is 9.47 Å². The van der Waals surface area contributed by atoms with Gasteiger partial charge in [0.2, 0.25) is 6.79 Å². The van der Waals surface area contributed by atoms with Crippen LogP contribution >= 0.6 is 0 Å². The Labute approximate surface area is 193 Å². The van der Waals surface area contributed by atoms with Gasteiger partial charge >= 0.3 is 6.03 Å². The molecule has 2 fully saturated rings. The number of piperazine rings is 1. The smallest absolute Gasteiger partial charge is 0.326 e. The number of amides is 3. The predicted octanol–water partition coefficient (Wildman–Crippen LogP) is 2.27. The summed E-state index contributed by atoms with van der Waals surface area (Å²) >= 11 is 0. The number of ether oxygens (including phenoxy) is 2. The summed E-state index contributed by atoms with van der Waals surface area (Å²) in [6, 6.07) is 13.8. The number of aryl methyl sites for hydroxylation is 1. The van der Waals surface area contributed by atoms with Gasteiger partial charge in [0.15, 0.2) is 11.5 Å². The molecule has 33 heavy (non-hydrogen) atoms. The molecule has 8 nitrogen and oxygen atoms in total. The lowest BCUT2D eigenvalue weighted by Crippen LogP contribution is -2.51. The molecule has 0 aromatic heterocycles. The standard InChI is InChI=1S/C25H28N4O4/c30-23-25(9-3-5-19-4-1-2-6-20(19)25)26-24(31)29(23)16-28-12-10-27(11-13-28)15-18-7-8-21-22(14-18)33-17-32-21/h1-2,4,6-8,14H,3,5,9-13,15-17H2,(H,26,31). The number of imide groups is 1. The van der Waals surface area contributed by atoms with Crippen molar-refractivity contribution in [1.29, 1.82) is 0 Å². The van der Waals surface area contributed by atoms with Crippen molar-refractivity contribution in [2.45, 2.75) is 31.3 Å². The zero-order chi connectivity index (χ0) is 22.4. The monoisotopic (exact) mass is 448 g/mol. The van der Waals surface area contributed by atoms with Gasteiger partial charge in [0.25, 0.3) is 5.91 Å². The summed E-state index contributed by atoms with van der Waals surface area (Å²) in [6.07, 6.45) is 2.51. The molecule has 1 atom stereocenters. The summed E-state index contributed by atoms with van der Waals surface area (Å²) < 4.78 is 10.9. The average Bonchev–Trinajstić information content (AvgIpc) is 3.39. The first-order chi connectivity index (χ1) is 16.1. The van der Waals surface area contributed by atoms with E-state index in [1.807, 2.05) is 30.3 Å². The van der Waals surface area contributed by atoms with E-state index in [-0.39, 0.29) is 18.7 Å². The van der Waals surface area contributed by atoms with Gasteiger partial charge in [0.05, 0.1) is 6.67 Å². The number of carbonyl (C=O) groups excluding carboxylic acids is 2. The summed E-state index contributed by atoms with van der Waals surface area (Å²) in [7, 11) is 0.